The van der Waals surface area contributed by atoms with E-state index >= 15 is 0 Å². The molecule has 0 amide bonds. The number of aliphatic hydroxyl groups is 5. The number of hydrogen-bond donors (Lipinski definition) is 5. The maximum Gasteiger partial charge on any atom is 1.00 e. The number of carbonyl (C=O) groups excluding carboxylic acids is 1. The average Bonchev–Trinajstić information content (AvgIpc) is 3.00. The minimum absolute atomic E-state index is 0. The van der Waals surface area contributed by atoms with Gasteiger partial charge in [-0.2, -0.15) is 0 Å². The molecule has 0 bridgehead atoms. The number of aliphatic hydroxyl groups excluding tert-OH is 4. The first-order valence-corrected chi connectivity index (χ1v) is 11.4. The van der Waals surface area contributed by atoms with E-state index in [1.54, 1.807) is 6.07 Å². The van der Waals surface area contributed by atoms with Crippen molar-refractivity contribution in [2.24, 2.45) is 17.3 Å². The third-order valence-electron chi connectivity index (χ3n) is 8.34. The normalized spacial score (nSPS) is 48.8. The number of fused-ring (bicyclic) bond motifs is 5. The second-order valence-corrected chi connectivity index (χ2v) is 10.0. The Morgan fingerprint density at radius 1 is 1.24 bits per heavy atom. The molecule has 1 aromatic rings. The van der Waals surface area contributed by atoms with Gasteiger partial charge < -0.3 is 44.9 Å². The Morgan fingerprint density at radius 2 is 1.97 bits per heavy atom. The van der Waals surface area contributed by atoms with E-state index < -0.39 is 54.3 Å². The van der Waals surface area contributed by atoms with Gasteiger partial charge in [0.25, 0.3) is 0 Å². The van der Waals surface area contributed by atoms with Crippen LogP contribution in [0.2, 0.25) is 0 Å². The maximum absolute atomic E-state index is 11.3. The fourth-order valence-corrected chi connectivity index (χ4v) is 6.53. The molecule has 0 aromatic heterocycles. The molecule has 9 nitrogen and oxygen atoms in total. The van der Waals surface area contributed by atoms with Gasteiger partial charge in [0.15, 0.2) is 0 Å². The molecule has 1 heterocycles. The van der Waals surface area contributed by atoms with E-state index in [-0.39, 0.29) is 65.1 Å². The number of carboxylic acids is 1. The number of hydrogen-bond acceptors (Lipinski definition) is 9. The van der Waals surface area contributed by atoms with Crippen LogP contribution in [-0.2, 0) is 16.0 Å². The molecule has 2 saturated carbocycles. The van der Waals surface area contributed by atoms with E-state index in [1.165, 1.54) is 0 Å². The predicted octanol–water partition coefficient (Wildman–Crippen LogP) is -4.19. The van der Waals surface area contributed by atoms with E-state index in [0.717, 1.165) is 5.56 Å². The summed E-state index contributed by atoms with van der Waals surface area (Å²) in [5.74, 6) is -2.08. The number of rotatable bonds is 3. The number of carbonyl (C=O) groups is 1. The van der Waals surface area contributed by atoms with Gasteiger partial charge in [-0.1, -0.05) is 13.0 Å². The van der Waals surface area contributed by atoms with Crippen molar-refractivity contribution in [2.75, 3.05) is 0 Å². The van der Waals surface area contributed by atoms with Gasteiger partial charge in [0, 0.05) is 0 Å². The molecule has 5 rings (SSSR count). The third-order valence-corrected chi connectivity index (χ3v) is 8.34. The van der Waals surface area contributed by atoms with Crippen LogP contribution in [0.4, 0.5) is 0 Å². The topological polar surface area (TPSA) is 160 Å². The predicted molar refractivity (Wildman–Crippen MR) is 111 cm³/mol. The smallest absolute Gasteiger partial charge is 0.547 e. The Hall–Kier alpha value is -0.750. The Balaban J connectivity index is 0.00000320. The van der Waals surface area contributed by atoms with Crippen LogP contribution >= 0.6 is 0 Å². The summed E-state index contributed by atoms with van der Waals surface area (Å²) >= 11 is 0. The van der Waals surface area contributed by atoms with E-state index in [9.17, 15) is 35.4 Å². The fraction of sp³-hybridized carbons (Fsp3) is 0.708. The zero-order valence-corrected chi connectivity index (χ0v) is 21.2. The summed E-state index contributed by atoms with van der Waals surface area (Å²) in [5, 5.41) is 62.5. The molecule has 10 heteroatoms. The van der Waals surface area contributed by atoms with Crippen molar-refractivity contribution < 1.29 is 78.6 Å². The SMILES string of the molecule is [2H]c1cc2c(c([2H])c1O[C@@H]1O[C@H](C(=O)[O-])[C@@H](O)[C@H](O)[C@H]1O)CC[C@@H]1[C@@H]2CC[C@@]2(C)[C@H]1C[C@@H](O)[C@]2([2H])O.[Na+]. The van der Waals surface area contributed by atoms with Gasteiger partial charge in [-0.25, -0.2) is 0 Å². The van der Waals surface area contributed by atoms with Crippen LogP contribution in [0.3, 0.4) is 0 Å². The molecule has 0 unspecified atom stereocenters. The van der Waals surface area contributed by atoms with E-state index in [2.05, 4.69) is 0 Å². The van der Waals surface area contributed by atoms with Crippen molar-refractivity contribution in [1.29, 1.82) is 0 Å². The fourth-order valence-electron chi connectivity index (χ4n) is 6.53. The number of aliphatic carboxylic acids is 1. The minimum Gasteiger partial charge on any atom is -0.547 e. The molecule has 3 fully saturated rings. The molecular weight excluding hydrogens is 455 g/mol. The molecule has 34 heavy (non-hydrogen) atoms. The van der Waals surface area contributed by atoms with Crippen LogP contribution in [0.25, 0.3) is 0 Å². The quantitative estimate of drug-likeness (QED) is 0.265. The monoisotopic (exact) mass is 489 g/mol. The average molecular weight is 490 g/mol. The second kappa shape index (κ2) is 9.61. The van der Waals surface area contributed by atoms with E-state index in [4.69, 9.17) is 13.6 Å². The molecule has 11 atom stereocenters. The van der Waals surface area contributed by atoms with Crippen LogP contribution in [0, 0.1) is 17.3 Å². The van der Waals surface area contributed by atoms with Gasteiger partial charge in [0.2, 0.25) is 6.29 Å². The van der Waals surface area contributed by atoms with Gasteiger partial charge in [-0.3, -0.25) is 0 Å². The first kappa shape index (κ1) is 22.4. The summed E-state index contributed by atoms with van der Waals surface area (Å²) in [5.41, 5.74) is 0.698. The second-order valence-electron chi connectivity index (χ2n) is 10.0. The summed E-state index contributed by atoms with van der Waals surface area (Å²) < 4.78 is 36.3. The summed E-state index contributed by atoms with van der Waals surface area (Å²) in [7, 11) is 0. The Kier molecular flexibility index (Phi) is 6.34. The van der Waals surface area contributed by atoms with Crippen LogP contribution < -0.4 is 39.4 Å². The summed E-state index contributed by atoms with van der Waals surface area (Å²) in [4.78, 5) is 11.3. The number of ether oxygens (including phenoxy) is 2. The summed E-state index contributed by atoms with van der Waals surface area (Å²) in [6.45, 7) is 1.86. The number of carboxylic acid groups (broad SMARTS) is 1. The molecule has 182 valence electrons. The first-order chi connectivity index (χ1) is 16.8. The van der Waals surface area contributed by atoms with Gasteiger partial charge in [-0.05, 0) is 78.5 Å². The van der Waals surface area contributed by atoms with Crippen molar-refractivity contribution in [3.8, 4) is 5.75 Å². The van der Waals surface area contributed by atoms with Crippen LogP contribution in [-0.4, -0.2) is 74.4 Å². The minimum atomic E-state index is -1.97. The zero-order valence-electron chi connectivity index (χ0n) is 22.2. The van der Waals surface area contributed by atoms with Crippen LogP contribution in [0.5, 0.6) is 5.75 Å². The molecule has 1 aliphatic heterocycles. The van der Waals surface area contributed by atoms with Gasteiger partial charge in [0.05, 0.1) is 22.3 Å². The van der Waals surface area contributed by atoms with E-state index in [0.29, 0.717) is 37.7 Å². The van der Waals surface area contributed by atoms with Crippen molar-refractivity contribution in [1.82, 2.24) is 0 Å². The van der Waals surface area contributed by atoms with Gasteiger partial charge >= 0.3 is 29.6 Å². The van der Waals surface area contributed by atoms with Gasteiger partial charge in [-0.15, -0.1) is 0 Å². The first-order valence-electron chi connectivity index (χ1n) is 12.9. The molecular formula is C24H31NaO9. The third kappa shape index (κ3) is 4.13. The Morgan fingerprint density at radius 3 is 2.68 bits per heavy atom. The standard InChI is InChI=1S/C24H32O9.Na/c1-24-7-6-13-12-5-3-11(32-23-19(28)17(26)18(27)20(33-23)22(30)31)8-10(12)2-4-14(13)15(24)9-16(25)21(24)29;/h3,5,8,13-21,23,25-29H,2,4,6-7,9H2,1H3,(H,30,31);/q;+1/p-1/t13-,14-,15+,16-,17+,18+,19-,20+,21+,23-,24+;/m1./s1/i3D,8D,21D;. The molecule has 3 aliphatic carbocycles. The maximum atomic E-state index is 11.3. The Labute approximate surface area is 224 Å². The molecule has 1 aromatic carbocycles. The van der Waals surface area contributed by atoms with Crippen molar-refractivity contribution in [2.45, 2.75) is 87.8 Å². The Bertz CT molecular complexity index is 1070. The molecule has 4 aliphatic rings. The van der Waals surface area contributed by atoms with Crippen molar-refractivity contribution in [3.63, 3.8) is 0 Å². The zero-order chi connectivity index (χ0) is 26.3. The summed E-state index contributed by atoms with van der Waals surface area (Å²) in [6, 6.07) is 1.30. The summed E-state index contributed by atoms with van der Waals surface area (Å²) in [6.07, 6.45) is -9.88. The van der Waals surface area contributed by atoms with Crippen molar-refractivity contribution >= 4 is 5.97 Å². The van der Waals surface area contributed by atoms with E-state index in [1.807, 2.05) is 6.92 Å². The van der Waals surface area contributed by atoms with Gasteiger partial charge in [0.1, 0.15) is 30.2 Å². The molecule has 5 N–H and O–H groups in total. The van der Waals surface area contributed by atoms with Crippen LogP contribution in [0.1, 0.15) is 53.8 Å². The number of benzene rings is 1. The van der Waals surface area contributed by atoms with Crippen molar-refractivity contribution in [3.05, 3.63) is 29.3 Å². The molecule has 1 saturated heterocycles. The molecule has 0 radical (unpaired) electrons. The largest absolute Gasteiger partial charge is 1.00 e. The van der Waals surface area contributed by atoms with Crippen LogP contribution in [0.15, 0.2) is 18.2 Å². The molecule has 0 spiro atoms.